The number of hydrogen-bond donors (Lipinski definition) is 1. The van der Waals surface area contributed by atoms with Crippen molar-refractivity contribution in [1.29, 1.82) is 0 Å². The van der Waals surface area contributed by atoms with Crippen LogP contribution in [0.3, 0.4) is 0 Å². The van der Waals surface area contributed by atoms with E-state index in [1.807, 2.05) is 0 Å². The molecule has 13 heavy (non-hydrogen) atoms. The van der Waals surface area contributed by atoms with E-state index in [2.05, 4.69) is 4.98 Å². The van der Waals surface area contributed by atoms with Gasteiger partial charge in [0.25, 0.3) is 0 Å². The Morgan fingerprint density at radius 1 is 1.62 bits per heavy atom. The molecular formula is C8H6N2O2S. The lowest BCUT2D eigenvalue weighted by molar-refractivity contribution is 0.100. The van der Waals surface area contributed by atoms with Crippen molar-refractivity contribution in [3.05, 3.63) is 29.3 Å². The second-order valence-corrected chi connectivity index (χ2v) is 3.95. The topological polar surface area (TPSA) is 79.0 Å². The highest BCUT2D eigenvalue weighted by molar-refractivity contribution is 7.33. The van der Waals surface area contributed by atoms with Crippen molar-refractivity contribution in [2.45, 2.75) is 0 Å². The molecule has 0 aliphatic rings. The van der Waals surface area contributed by atoms with Crippen LogP contribution in [0, 0.1) is 0 Å². The van der Waals surface area contributed by atoms with E-state index in [0.29, 0.717) is 10.2 Å². The Hall–Kier alpha value is -1.46. The Morgan fingerprint density at radius 3 is 3.00 bits per heavy atom. The molecular weight excluding hydrogens is 188 g/mol. The van der Waals surface area contributed by atoms with Crippen molar-refractivity contribution in [3.8, 4) is 0 Å². The third-order valence-corrected chi connectivity index (χ3v) is 3.17. The van der Waals surface area contributed by atoms with Crippen LogP contribution in [0.1, 0.15) is 9.67 Å². The molecule has 0 spiro atoms. The molecule has 1 atom stereocenters. The number of pyridine rings is 1. The Bertz CT molecular complexity index is 478. The van der Waals surface area contributed by atoms with Gasteiger partial charge in [0.1, 0.15) is 5.52 Å². The van der Waals surface area contributed by atoms with Gasteiger partial charge in [0.2, 0.25) is 4.88 Å². The minimum absolute atomic E-state index is 0.119. The average Bonchev–Trinajstić information content (AvgIpc) is 2.45. The number of amides is 1. The highest BCUT2D eigenvalue weighted by Gasteiger charge is 2.18. The molecule has 0 aliphatic carbocycles. The van der Waals surface area contributed by atoms with Gasteiger partial charge in [-0.1, -0.05) is 0 Å². The fourth-order valence-corrected chi connectivity index (χ4v) is 2.27. The number of aromatic nitrogens is 1. The standard InChI is InChI=1S/C8H6N2O2S/c9-8(11)7-4-5-6(13(7)12)2-1-3-10-5/h1-4H,(H2,9,11). The maximum atomic E-state index is 11.5. The Labute approximate surface area is 76.8 Å². The Balaban J connectivity index is 2.81. The highest BCUT2D eigenvalue weighted by atomic mass is 32.2. The quantitative estimate of drug-likeness (QED) is 0.689. The molecule has 0 radical (unpaired) electrons. The van der Waals surface area contributed by atoms with Crippen LogP contribution in [-0.4, -0.2) is 15.4 Å². The number of carbonyl (C=O) groups is 1. The van der Waals surface area contributed by atoms with E-state index in [0.717, 1.165) is 0 Å². The summed E-state index contributed by atoms with van der Waals surface area (Å²) in [4.78, 5) is 14.9. The number of carbonyl (C=O) groups excluding carboxylic acids is 1. The maximum absolute atomic E-state index is 11.5. The van der Waals surface area contributed by atoms with Gasteiger partial charge in [0, 0.05) is 18.3 Å². The second-order valence-electron chi connectivity index (χ2n) is 2.53. The van der Waals surface area contributed by atoms with E-state index in [1.165, 1.54) is 6.07 Å². The predicted molar refractivity (Wildman–Crippen MR) is 48.9 cm³/mol. The highest BCUT2D eigenvalue weighted by Crippen LogP contribution is 2.31. The fourth-order valence-electron chi connectivity index (χ4n) is 1.13. The summed E-state index contributed by atoms with van der Waals surface area (Å²) in [5.74, 6) is -0.656. The Kier molecular flexibility index (Phi) is 1.75. The molecule has 0 saturated carbocycles. The second kappa shape index (κ2) is 2.79. The van der Waals surface area contributed by atoms with E-state index >= 15 is 0 Å². The molecule has 2 aromatic heterocycles. The van der Waals surface area contributed by atoms with Crippen LogP contribution in [0.5, 0.6) is 0 Å². The third kappa shape index (κ3) is 1.18. The molecule has 1 unspecified atom stereocenters. The van der Waals surface area contributed by atoms with E-state index in [4.69, 9.17) is 5.73 Å². The lowest BCUT2D eigenvalue weighted by atomic mass is 10.4. The average molecular weight is 194 g/mol. The first-order chi connectivity index (χ1) is 6.20. The van der Waals surface area contributed by atoms with Crippen molar-refractivity contribution in [1.82, 2.24) is 4.98 Å². The van der Waals surface area contributed by atoms with Gasteiger partial charge in [-0.15, -0.1) is 0 Å². The largest absolute Gasteiger partial charge is 0.590 e. The van der Waals surface area contributed by atoms with Crippen LogP contribution in [0.15, 0.2) is 24.4 Å². The van der Waals surface area contributed by atoms with Crippen molar-refractivity contribution in [3.63, 3.8) is 0 Å². The zero-order chi connectivity index (χ0) is 9.42. The summed E-state index contributed by atoms with van der Waals surface area (Å²) in [7, 11) is -1.44. The molecule has 2 rings (SSSR count). The van der Waals surface area contributed by atoms with Gasteiger partial charge in [0.15, 0.2) is 4.70 Å². The van der Waals surface area contributed by atoms with Crippen molar-refractivity contribution in [2.24, 2.45) is 5.73 Å². The summed E-state index contributed by atoms with van der Waals surface area (Å²) in [6.07, 6.45) is 1.58. The SMILES string of the molecule is NC(=O)c1cc2ncccc2[s+]1[O-]. The van der Waals surface area contributed by atoms with E-state index in [9.17, 15) is 9.35 Å². The first kappa shape index (κ1) is 8.15. The van der Waals surface area contributed by atoms with Crippen LogP contribution >= 0.6 is 10.8 Å². The summed E-state index contributed by atoms with van der Waals surface area (Å²) in [5.41, 5.74) is 5.60. The zero-order valence-electron chi connectivity index (χ0n) is 6.56. The molecule has 2 heterocycles. The predicted octanol–water partition coefficient (Wildman–Crippen LogP) is 1.06. The number of fused-ring (bicyclic) bond motifs is 1. The van der Waals surface area contributed by atoms with Crippen LogP contribution in [-0.2, 0) is 0 Å². The van der Waals surface area contributed by atoms with Crippen molar-refractivity contribution >= 4 is 26.9 Å². The van der Waals surface area contributed by atoms with E-state index in [1.54, 1.807) is 18.3 Å². The van der Waals surface area contributed by atoms with Gasteiger partial charge in [-0.05, 0) is 16.8 Å². The minimum atomic E-state index is -1.44. The van der Waals surface area contributed by atoms with Crippen LogP contribution in [0.2, 0.25) is 0 Å². The molecule has 0 aliphatic heterocycles. The number of nitrogens with two attached hydrogens (primary N) is 1. The molecule has 0 aromatic carbocycles. The molecule has 2 aromatic rings. The van der Waals surface area contributed by atoms with Gasteiger partial charge in [-0.3, -0.25) is 9.78 Å². The lowest BCUT2D eigenvalue weighted by Gasteiger charge is -1.91. The van der Waals surface area contributed by atoms with Crippen molar-refractivity contribution < 1.29 is 9.35 Å². The number of rotatable bonds is 1. The smallest absolute Gasteiger partial charge is 0.301 e. The van der Waals surface area contributed by atoms with E-state index < -0.39 is 16.7 Å². The van der Waals surface area contributed by atoms with Crippen LogP contribution in [0.25, 0.3) is 10.2 Å². The summed E-state index contributed by atoms with van der Waals surface area (Å²) in [6.45, 7) is 0. The van der Waals surface area contributed by atoms with Gasteiger partial charge in [-0.25, -0.2) is 0 Å². The maximum Gasteiger partial charge on any atom is 0.301 e. The first-order valence-electron chi connectivity index (χ1n) is 3.58. The summed E-state index contributed by atoms with van der Waals surface area (Å²) in [6, 6.07) is 4.81. The molecule has 5 heteroatoms. The third-order valence-electron chi connectivity index (χ3n) is 1.71. The van der Waals surface area contributed by atoms with E-state index in [-0.39, 0.29) is 4.88 Å². The van der Waals surface area contributed by atoms with Gasteiger partial charge >= 0.3 is 5.91 Å². The molecule has 0 bridgehead atoms. The number of nitrogens with zero attached hydrogens (tertiary/aromatic N) is 1. The number of hydrogen-bond acceptors (Lipinski definition) is 3. The minimum Gasteiger partial charge on any atom is -0.590 e. The van der Waals surface area contributed by atoms with Crippen molar-refractivity contribution in [2.75, 3.05) is 0 Å². The lowest BCUT2D eigenvalue weighted by Crippen LogP contribution is -2.09. The molecule has 66 valence electrons. The number of primary amides is 1. The van der Waals surface area contributed by atoms with Crippen LogP contribution < -0.4 is 5.73 Å². The van der Waals surface area contributed by atoms with Gasteiger partial charge in [-0.2, -0.15) is 0 Å². The Morgan fingerprint density at radius 2 is 2.38 bits per heavy atom. The summed E-state index contributed by atoms with van der Waals surface area (Å²) in [5, 5.41) is 0. The zero-order valence-corrected chi connectivity index (χ0v) is 7.38. The first-order valence-corrected chi connectivity index (χ1v) is 4.73. The summed E-state index contributed by atoms with van der Waals surface area (Å²) >= 11 is 0. The summed E-state index contributed by atoms with van der Waals surface area (Å²) < 4.78 is 12.1. The molecule has 2 N–H and O–H groups in total. The van der Waals surface area contributed by atoms with Crippen LogP contribution in [0.4, 0.5) is 0 Å². The number of thiophene rings is 1. The fraction of sp³-hybridized carbons (Fsp3) is 0. The normalized spacial score (nSPS) is 11.9. The monoisotopic (exact) mass is 194 g/mol. The van der Waals surface area contributed by atoms with Gasteiger partial charge < -0.3 is 10.3 Å². The van der Waals surface area contributed by atoms with Gasteiger partial charge in [0.05, 0.1) is 0 Å². The molecule has 4 nitrogen and oxygen atoms in total. The molecule has 0 saturated heterocycles. The molecule has 0 fully saturated rings. The molecule has 1 amide bonds.